The molecule has 5 aromatic heterocycles. The molecular formula is C43H38BrClN12OS. The Balaban J connectivity index is 0.000000192. The summed E-state index contributed by atoms with van der Waals surface area (Å²) in [4.78, 5) is 39.0. The van der Waals surface area contributed by atoms with Crippen molar-refractivity contribution in [3.8, 4) is 5.69 Å². The van der Waals surface area contributed by atoms with Crippen molar-refractivity contribution in [2.24, 2.45) is 0 Å². The van der Waals surface area contributed by atoms with Gasteiger partial charge in [-0.05, 0) is 133 Å². The van der Waals surface area contributed by atoms with Crippen LogP contribution < -0.4 is 26.6 Å². The van der Waals surface area contributed by atoms with Gasteiger partial charge in [0.2, 0.25) is 5.95 Å². The van der Waals surface area contributed by atoms with Crippen LogP contribution in [0, 0.1) is 27.7 Å². The van der Waals surface area contributed by atoms with Crippen LogP contribution in [0.4, 0.5) is 51.3 Å². The molecule has 5 N–H and O–H groups in total. The number of hydrogen-bond donors (Lipinski definition) is 5. The van der Waals surface area contributed by atoms with E-state index >= 15 is 0 Å². The summed E-state index contributed by atoms with van der Waals surface area (Å²) in [5, 5.41) is 16.9. The highest BCUT2D eigenvalue weighted by atomic mass is 79.9. The third kappa shape index (κ3) is 10.8. The number of para-hydroxylation sites is 1. The second kappa shape index (κ2) is 18.7. The number of halogens is 2. The lowest BCUT2D eigenvalue weighted by Gasteiger charge is -2.11. The Morgan fingerprint density at radius 2 is 1.42 bits per heavy atom. The number of nitrogens with one attached hydrogen (secondary N) is 5. The summed E-state index contributed by atoms with van der Waals surface area (Å²) >= 11 is 10.8. The van der Waals surface area contributed by atoms with Gasteiger partial charge in [0.1, 0.15) is 22.3 Å². The highest BCUT2D eigenvalue weighted by molar-refractivity contribution is 9.10. The second-order valence-electron chi connectivity index (χ2n) is 13.2. The molecule has 3 aromatic carbocycles. The first kappa shape index (κ1) is 40.5. The number of nitrogens with zero attached hydrogens (tertiary/aromatic N) is 7. The summed E-state index contributed by atoms with van der Waals surface area (Å²) in [6, 6.07) is 26.9. The lowest BCUT2D eigenvalue weighted by Crippen LogP contribution is -2.11. The Kier molecular flexibility index (Phi) is 12.9. The molecule has 8 rings (SSSR count). The predicted octanol–water partition coefficient (Wildman–Crippen LogP) is 11.5. The first-order chi connectivity index (χ1) is 28.6. The minimum absolute atomic E-state index is 0.257. The summed E-state index contributed by atoms with van der Waals surface area (Å²) < 4.78 is 2.81. The molecule has 0 radical (unpaired) electrons. The Morgan fingerprint density at radius 1 is 0.695 bits per heavy atom. The van der Waals surface area contributed by atoms with Gasteiger partial charge in [-0.2, -0.15) is 4.98 Å². The molecule has 0 aliphatic carbocycles. The van der Waals surface area contributed by atoms with Gasteiger partial charge in [0.05, 0.1) is 35.1 Å². The lowest BCUT2D eigenvalue weighted by atomic mass is 10.0. The van der Waals surface area contributed by atoms with E-state index in [9.17, 15) is 4.79 Å². The van der Waals surface area contributed by atoms with Crippen LogP contribution in [-0.2, 0) is 0 Å². The van der Waals surface area contributed by atoms with Gasteiger partial charge in [-0.3, -0.25) is 4.79 Å². The Hall–Kier alpha value is -6.68. The molecule has 0 saturated heterocycles. The van der Waals surface area contributed by atoms with Gasteiger partial charge < -0.3 is 31.2 Å². The monoisotopic (exact) mass is 884 g/mol. The predicted molar refractivity (Wildman–Crippen MR) is 242 cm³/mol. The van der Waals surface area contributed by atoms with Gasteiger partial charge in [-0.15, -0.1) is 0 Å². The van der Waals surface area contributed by atoms with Crippen LogP contribution >= 0.6 is 38.9 Å². The standard InChI is InChI=1S/C25H20ClN7OS.C18H18BrN5/c1-16-4-2-7-20(26)23(16)32-24(34)21-14-29-25(35-21)31-18-6-3-5-17(12-18)30-22-9-8-19(13-28-22)33-11-10-27-15-33;1-11-8-15(9-12(2)13(11)3)22-17-6-7-20-18(24-17)23-16-5-4-14(19)10-21-16/h2-15H,1H3,(H,28,30)(H,29,31)(H,32,34);4-10H,1-3H3,(H2,20,21,22,23,24). The van der Waals surface area contributed by atoms with Gasteiger partial charge in [-0.1, -0.05) is 41.1 Å². The molecule has 8 aromatic rings. The fourth-order valence-corrected chi connectivity index (χ4v) is 6.92. The van der Waals surface area contributed by atoms with E-state index in [0.717, 1.165) is 38.6 Å². The number of aryl methyl sites for hydroxylation is 3. The van der Waals surface area contributed by atoms with Crippen molar-refractivity contribution in [1.82, 2.24) is 34.5 Å². The number of benzene rings is 3. The van der Waals surface area contributed by atoms with Crippen LogP contribution in [0.25, 0.3) is 5.69 Å². The molecule has 0 spiro atoms. The van der Waals surface area contributed by atoms with Crippen LogP contribution in [0.3, 0.4) is 0 Å². The van der Waals surface area contributed by atoms with Gasteiger partial charge >= 0.3 is 0 Å². The van der Waals surface area contributed by atoms with Crippen molar-refractivity contribution in [3.63, 3.8) is 0 Å². The van der Waals surface area contributed by atoms with Gasteiger partial charge in [0.25, 0.3) is 5.91 Å². The van der Waals surface area contributed by atoms with Crippen LogP contribution in [-0.4, -0.2) is 40.4 Å². The third-order valence-corrected chi connectivity index (χ3v) is 10.6. The summed E-state index contributed by atoms with van der Waals surface area (Å²) in [7, 11) is 0. The maximum atomic E-state index is 12.7. The zero-order valence-corrected chi connectivity index (χ0v) is 35.5. The van der Waals surface area contributed by atoms with Gasteiger partial charge in [0.15, 0.2) is 5.13 Å². The molecule has 0 unspecified atom stereocenters. The average Bonchev–Trinajstić information content (AvgIpc) is 3.94. The number of carbonyl (C=O) groups is 1. The number of imidazole rings is 1. The van der Waals surface area contributed by atoms with Crippen molar-refractivity contribution in [1.29, 1.82) is 0 Å². The first-order valence-electron chi connectivity index (χ1n) is 18.2. The smallest absolute Gasteiger partial charge is 0.267 e. The summed E-state index contributed by atoms with van der Waals surface area (Å²) in [5.41, 5.74) is 8.95. The largest absolute Gasteiger partial charge is 0.340 e. The highest BCUT2D eigenvalue weighted by Gasteiger charge is 2.14. The molecule has 13 nitrogen and oxygen atoms in total. The maximum Gasteiger partial charge on any atom is 0.267 e. The van der Waals surface area contributed by atoms with E-state index in [-0.39, 0.29) is 5.91 Å². The number of anilines is 9. The molecule has 0 bridgehead atoms. The molecule has 5 heterocycles. The molecule has 0 saturated carbocycles. The Morgan fingerprint density at radius 3 is 2.14 bits per heavy atom. The molecule has 59 heavy (non-hydrogen) atoms. The molecule has 16 heteroatoms. The summed E-state index contributed by atoms with van der Waals surface area (Å²) in [6.45, 7) is 8.25. The minimum atomic E-state index is -0.257. The summed E-state index contributed by atoms with van der Waals surface area (Å²) in [6.07, 6.45) is 12.1. The molecule has 0 aliphatic heterocycles. The summed E-state index contributed by atoms with van der Waals surface area (Å²) in [5.74, 6) is 2.38. The Bertz CT molecular complexity index is 2650. The van der Waals surface area contributed by atoms with Crippen LogP contribution in [0.5, 0.6) is 0 Å². The van der Waals surface area contributed by atoms with E-state index in [1.165, 1.54) is 28.0 Å². The molecule has 296 valence electrons. The third-order valence-electron chi connectivity index (χ3n) is 8.95. The fourth-order valence-electron chi connectivity index (χ4n) is 5.68. The average molecular weight is 886 g/mol. The van der Waals surface area contributed by atoms with Crippen molar-refractivity contribution in [2.75, 3.05) is 26.6 Å². The minimum Gasteiger partial charge on any atom is -0.340 e. The van der Waals surface area contributed by atoms with E-state index in [4.69, 9.17) is 11.6 Å². The topological polar surface area (TPSA) is 159 Å². The number of hydrogen-bond acceptors (Lipinski definition) is 12. The van der Waals surface area contributed by atoms with E-state index in [1.54, 1.807) is 43.4 Å². The van der Waals surface area contributed by atoms with Crippen molar-refractivity contribution in [3.05, 3.63) is 165 Å². The fraction of sp³-hybridized carbons (Fsp3) is 0.0930. The van der Waals surface area contributed by atoms with Crippen LogP contribution in [0.15, 0.2) is 133 Å². The van der Waals surface area contributed by atoms with Gasteiger partial charge in [-0.25, -0.2) is 24.9 Å². The first-order valence-corrected chi connectivity index (χ1v) is 20.2. The molecule has 0 atom stereocenters. The van der Waals surface area contributed by atoms with Gasteiger partial charge in [0, 0.05) is 46.3 Å². The number of pyridine rings is 2. The van der Waals surface area contributed by atoms with E-state index in [2.05, 4.69) is 105 Å². The zero-order valence-electron chi connectivity index (χ0n) is 32.3. The van der Waals surface area contributed by atoms with E-state index in [0.29, 0.717) is 38.3 Å². The van der Waals surface area contributed by atoms with Crippen molar-refractivity contribution >= 4 is 96.1 Å². The van der Waals surface area contributed by atoms with E-state index < -0.39 is 0 Å². The number of aromatic nitrogens is 7. The van der Waals surface area contributed by atoms with Crippen molar-refractivity contribution in [2.45, 2.75) is 27.7 Å². The second-order valence-corrected chi connectivity index (χ2v) is 15.6. The van der Waals surface area contributed by atoms with Crippen LogP contribution in [0.2, 0.25) is 5.02 Å². The quantitative estimate of drug-likeness (QED) is 0.0841. The highest BCUT2D eigenvalue weighted by Crippen LogP contribution is 2.29. The number of amides is 1. The van der Waals surface area contributed by atoms with Crippen molar-refractivity contribution < 1.29 is 4.79 Å². The molecule has 0 fully saturated rings. The maximum absolute atomic E-state index is 12.7. The molecule has 0 aliphatic rings. The van der Waals surface area contributed by atoms with Crippen LogP contribution in [0.1, 0.15) is 31.9 Å². The normalized spacial score (nSPS) is 10.6. The van der Waals surface area contributed by atoms with E-state index in [1.807, 2.05) is 84.4 Å². The number of thiazole rings is 1. The number of rotatable bonds is 11. The Labute approximate surface area is 358 Å². The molecule has 1 amide bonds. The SMILES string of the molecule is Cc1cc(Nc2ccnc(Nc3ccc(Br)cn3)n2)cc(C)c1C.Cc1cccc(Cl)c1NC(=O)c1cnc(Nc2cccc(Nc3ccc(-n4ccnc4)cn3)c2)s1. The number of carbonyl (C=O) groups excluding carboxylic acids is 1. The molecular weight excluding hydrogens is 848 g/mol. The lowest BCUT2D eigenvalue weighted by molar-refractivity contribution is 0.103. The zero-order chi connectivity index (χ0) is 41.3.